The van der Waals surface area contributed by atoms with Crippen LogP contribution >= 0.6 is 11.6 Å². The van der Waals surface area contributed by atoms with Crippen LogP contribution in [0.4, 0.5) is 17.1 Å². The van der Waals surface area contributed by atoms with Crippen molar-refractivity contribution in [2.24, 2.45) is 0 Å². The number of nitrogens with zero attached hydrogens (tertiary/aromatic N) is 1. The highest BCUT2D eigenvalue weighted by atomic mass is 35.5. The second kappa shape index (κ2) is 4.91. The molecule has 2 N–H and O–H groups in total. The predicted octanol–water partition coefficient (Wildman–Crippen LogP) is 4.31. The van der Waals surface area contributed by atoms with Crippen molar-refractivity contribution in [1.29, 1.82) is 0 Å². The fourth-order valence-electron chi connectivity index (χ4n) is 1.95. The van der Waals surface area contributed by atoms with Gasteiger partial charge in [0.05, 0.1) is 11.4 Å². The summed E-state index contributed by atoms with van der Waals surface area (Å²) in [5.41, 5.74) is 11.1. The molecule has 0 heterocycles. The summed E-state index contributed by atoms with van der Waals surface area (Å²) in [6.07, 6.45) is 0. The van der Waals surface area contributed by atoms with Gasteiger partial charge >= 0.3 is 0 Å². The molecule has 2 rings (SSSR count). The van der Waals surface area contributed by atoms with E-state index in [1.165, 1.54) is 5.56 Å². The number of nitrogens with two attached hydrogens (primary N) is 1. The van der Waals surface area contributed by atoms with Crippen LogP contribution in [0, 0.1) is 13.8 Å². The molecule has 0 unspecified atom stereocenters. The minimum atomic E-state index is 0.689. The van der Waals surface area contributed by atoms with Crippen molar-refractivity contribution < 1.29 is 0 Å². The molecule has 2 aromatic carbocycles. The van der Waals surface area contributed by atoms with E-state index in [0.717, 1.165) is 16.9 Å². The van der Waals surface area contributed by atoms with E-state index in [1.54, 1.807) is 6.07 Å². The number of halogens is 1. The SMILES string of the molecule is Cc1cccc(N(C)c2cc(C)c(Cl)cc2N)c1. The fraction of sp³-hybridized carbons (Fsp3) is 0.200. The highest BCUT2D eigenvalue weighted by molar-refractivity contribution is 6.31. The molecule has 0 spiro atoms. The summed E-state index contributed by atoms with van der Waals surface area (Å²) in [4.78, 5) is 2.08. The predicted molar refractivity (Wildman–Crippen MR) is 79.8 cm³/mol. The second-order valence-corrected chi connectivity index (χ2v) is 4.97. The Labute approximate surface area is 113 Å². The third-order valence-electron chi connectivity index (χ3n) is 3.06. The van der Waals surface area contributed by atoms with E-state index in [0.29, 0.717) is 10.7 Å². The summed E-state index contributed by atoms with van der Waals surface area (Å²) in [6, 6.07) is 12.1. The molecule has 3 heteroatoms. The van der Waals surface area contributed by atoms with Gasteiger partial charge in [0.25, 0.3) is 0 Å². The van der Waals surface area contributed by atoms with Gasteiger partial charge in [-0.3, -0.25) is 0 Å². The molecule has 0 radical (unpaired) electrons. The van der Waals surface area contributed by atoms with Crippen molar-refractivity contribution in [3.63, 3.8) is 0 Å². The van der Waals surface area contributed by atoms with E-state index in [2.05, 4.69) is 30.0 Å². The lowest BCUT2D eigenvalue weighted by Crippen LogP contribution is -2.12. The van der Waals surface area contributed by atoms with Gasteiger partial charge in [-0.25, -0.2) is 0 Å². The number of hydrogen-bond donors (Lipinski definition) is 1. The second-order valence-electron chi connectivity index (χ2n) is 4.56. The van der Waals surface area contributed by atoms with Crippen LogP contribution in [0.15, 0.2) is 36.4 Å². The van der Waals surface area contributed by atoms with Gasteiger partial charge < -0.3 is 10.6 Å². The molecule has 2 nitrogen and oxygen atoms in total. The number of rotatable bonds is 2. The lowest BCUT2D eigenvalue weighted by Gasteiger charge is -2.22. The van der Waals surface area contributed by atoms with Crippen LogP contribution in [0.5, 0.6) is 0 Å². The van der Waals surface area contributed by atoms with E-state index in [1.807, 2.05) is 26.1 Å². The van der Waals surface area contributed by atoms with Gasteiger partial charge in [-0.2, -0.15) is 0 Å². The molecule has 0 saturated heterocycles. The van der Waals surface area contributed by atoms with E-state index in [9.17, 15) is 0 Å². The number of hydrogen-bond acceptors (Lipinski definition) is 2. The Balaban J connectivity index is 2.46. The number of aryl methyl sites for hydroxylation is 2. The summed E-state index contributed by atoms with van der Waals surface area (Å²) in [7, 11) is 2.01. The first-order chi connectivity index (χ1) is 8.49. The molecule has 0 aliphatic heterocycles. The Bertz CT molecular complexity index is 579. The van der Waals surface area contributed by atoms with Crippen LogP contribution in [-0.2, 0) is 0 Å². The average Bonchev–Trinajstić information content (AvgIpc) is 2.33. The fourth-order valence-corrected chi connectivity index (χ4v) is 2.12. The third kappa shape index (κ3) is 2.44. The number of nitrogen functional groups attached to an aromatic ring is 1. The molecule has 0 aliphatic carbocycles. The van der Waals surface area contributed by atoms with E-state index >= 15 is 0 Å². The minimum absolute atomic E-state index is 0.689. The van der Waals surface area contributed by atoms with Crippen LogP contribution in [0.25, 0.3) is 0 Å². The zero-order valence-electron chi connectivity index (χ0n) is 10.9. The molecule has 0 amide bonds. The first-order valence-electron chi connectivity index (χ1n) is 5.85. The Hall–Kier alpha value is -1.67. The summed E-state index contributed by atoms with van der Waals surface area (Å²) in [6.45, 7) is 4.06. The Kier molecular flexibility index (Phi) is 3.48. The van der Waals surface area contributed by atoms with Gasteiger partial charge in [0.2, 0.25) is 0 Å². The molecule has 2 aromatic rings. The van der Waals surface area contributed by atoms with Crippen molar-refractivity contribution in [2.45, 2.75) is 13.8 Å². The molecule has 0 saturated carbocycles. The highest BCUT2D eigenvalue weighted by Crippen LogP contribution is 2.33. The summed E-state index contributed by atoms with van der Waals surface area (Å²) >= 11 is 6.06. The average molecular weight is 261 g/mol. The Morgan fingerprint density at radius 3 is 2.50 bits per heavy atom. The van der Waals surface area contributed by atoms with E-state index < -0.39 is 0 Å². The van der Waals surface area contributed by atoms with Crippen molar-refractivity contribution >= 4 is 28.7 Å². The maximum atomic E-state index is 6.06. The normalized spacial score (nSPS) is 10.4. The Morgan fingerprint density at radius 1 is 1.11 bits per heavy atom. The molecule has 0 bridgehead atoms. The summed E-state index contributed by atoms with van der Waals surface area (Å²) in [5, 5.41) is 0.703. The first-order valence-corrected chi connectivity index (χ1v) is 6.23. The molecule has 0 aromatic heterocycles. The smallest absolute Gasteiger partial charge is 0.0645 e. The monoisotopic (exact) mass is 260 g/mol. The zero-order chi connectivity index (χ0) is 13.3. The summed E-state index contributed by atoms with van der Waals surface area (Å²) in [5.74, 6) is 0. The molecule has 18 heavy (non-hydrogen) atoms. The quantitative estimate of drug-likeness (QED) is 0.816. The Morgan fingerprint density at radius 2 is 1.83 bits per heavy atom. The maximum absolute atomic E-state index is 6.06. The highest BCUT2D eigenvalue weighted by Gasteiger charge is 2.10. The largest absolute Gasteiger partial charge is 0.397 e. The molecular weight excluding hydrogens is 244 g/mol. The lowest BCUT2D eigenvalue weighted by molar-refractivity contribution is 1.20. The zero-order valence-corrected chi connectivity index (χ0v) is 11.6. The van der Waals surface area contributed by atoms with Gasteiger partial charge in [-0.1, -0.05) is 23.7 Å². The third-order valence-corrected chi connectivity index (χ3v) is 3.47. The number of benzene rings is 2. The van der Waals surface area contributed by atoms with Crippen LogP contribution < -0.4 is 10.6 Å². The molecule has 0 fully saturated rings. The van der Waals surface area contributed by atoms with Crippen molar-refractivity contribution in [1.82, 2.24) is 0 Å². The molecular formula is C15H17ClN2. The van der Waals surface area contributed by atoms with Gasteiger partial charge in [-0.15, -0.1) is 0 Å². The first kappa shape index (κ1) is 12.8. The van der Waals surface area contributed by atoms with Gasteiger partial charge in [0.15, 0.2) is 0 Å². The topological polar surface area (TPSA) is 29.3 Å². The molecule has 94 valence electrons. The van der Waals surface area contributed by atoms with Crippen molar-refractivity contribution in [3.05, 3.63) is 52.5 Å². The summed E-state index contributed by atoms with van der Waals surface area (Å²) < 4.78 is 0. The van der Waals surface area contributed by atoms with Crippen LogP contribution in [0.1, 0.15) is 11.1 Å². The lowest BCUT2D eigenvalue weighted by atomic mass is 10.1. The van der Waals surface area contributed by atoms with E-state index in [4.69, 9.17) is 17.3 Å². The van der Waals surface area contributed by atoms with Crippen molar-refractivity contribution in [2.75, 3.05) is 17.7 Å². The van der Waals surface area contributed by atoms with E-state index in [-0.39, 0.29) is 0 Å². The molecule has 0 atom stereocenters. The van der Waals surface area contributed by atoms with Crippen LogP contribution in [0.3, 0.4) is 0 Å². The van der Waals surface area contributed by atoms with Gasteiger partial charge in [0.1, 0.15) is 0 Å². The minimum Gasteiger partial charge on any atom is -0.397 e. The van der Waals surface area contributed by atoms with Crippen molar-refractivity contribution in [3.8, 4) is 0 Å². The number of anilines is 3. The van der Waals surface area contributed by atoms with Crippen LogP contribution in [0.2, 0.25) is 5.02 Å². The maximum Gasteiger partial charge on any atom is 0.0645 e. The van der Waals surface area contributed by atoms with Crippen LogP contribution in [-0.4, -0.2) is 7.05 Å². The standard InChI is InChI=1S/C15H17ClN2/c1-10-5-4-6-12(7-10)18(3)15-8-11(2)13(16)9-14(15)17/h4-9H,17H2,1-3H3. The van der Waals surface area contributed by atoms with Gasteiger partial charge in [-0.05, 0) is 49.2 Å². The van der Waals surface area contributed by atoms with Gasteiger partial charge in [0, 0.05) is 17.8 Å². The molecule has 0 aliphatic rings.